The Morgan fingerprint density at radius 1 is 1.44 bits per heavy atom. The van der Waals surface area contributed by atoms with Crippen LogP contribution < -0.4 is 11.1 Å². The zero-order chi connectivity index (χ0) is 18.6. The van der Waals surface area contributed by atoms with Gasteiger partial charge in [0.1, 0.15) is 0 Å². The van der Waals surface area contributed by atoms with Gasteiger partial charge in [-0.25, -0.2) is 0 Å². The van der Waals surface area contributed by atoms with Crippen LogP contribution in [0.4, 0.5) is 13.2 Å². The molecule has 3 rings (SSSR count). The van der Waals surface area contributed by atoms with Crippen LogP contribution in [0, 0.1) is 5.41 Å². The van der Waals surface area contributed by atoms with Crippen LogP contribution in [0.5, 0.6) is 0 Å². The Hall–Kier alpha value is -2.58. The molecule has 1 aliphatic heterocycles. The van der Waals surface area contributed by atoms with Crippen LogP contribution in [0.1, 0.15) is 47.7 Å². The second-order valence-electron chi connectivity index (χ2n) is 6.58. The summed E-state index contributed by atoms with van der Waals surface area (Å²) in [6, 6.07) is 2.94. The number of nitrogens with one attached hydrogen (secondary N) is 2. The Bertz CT molecular complexity index is 773. The number of nitrogens with two attached hydrogens (primary N) is 1. The summed E-state index contributed by atoms with van der Waals surface area (Å²) in [6.45, 7) is 1.65. The first-order valence-electron chi connectivity index (χ1n) is 7.73. The average molecular weight is 354 g/mol. The Kier molecular flexibility index (Phi) is 3.77. The fourth-order valence-electron chi connectivity index (χ4n) is 3.44. The number of guanidine groups is 1. The number of alkyl halides is 3. The van der Waals surface area contributed by atoms with E-state index in [1.54, 1.807) is 6.92 Å². The van der Waals surface area contributed by atoms with Crippen LogP contribution in [0.2, 0.25) is 0 Å². The first-order chi connectivity index (χ1) is 11.5. The van der Waals surface area contributed by atoms with E-state index in [4.69, 9.17) is 11.1 Å². The van der Waals surface area contributed by atoms with Crippen molar-refractivity contribution in [3.63, 3.8) is 0 Å². The quantitative estimate of drug-likeness (QED) is 0.571. The van der Waals surface area contributed by atoms with E-state index in [0.29, 0.717) is 5.56 Å². The van der Waals surface area contributed by atoms with Gasteiger partial charge in [-0.1, -0.05) is 6.07 Å². The van der Waals surface area contributed by atoms with Crippen LogP contribution in [0.15, 0.2) is 18.2 Å². The molecule has 0 bridgehead atoms. The first kappa shape index (κ1) is 17.2. The van der Waals surface area contributed by atoms with Crippen molar-refractivity contribution in [1.29, 1.82) is 5.41 Å². The maximum Gasteiger partial charge on any atom is 0.416 e. The zero-order valence-electron chi connectivity index (χ0n) is 13.4. The van der Waals surface area contributed by atoms with Gasteiger partial charge in [0.2, 0.25) is 5.91 Å². The Morgan fingerprint density at radius 2 is 2.08 bits per heavy atom. The number of amides is 2. The number of halogens is 3. The van der Waals surface area contributed by atoms with E-state index in [1.807, 2.05) is 0 Å². The summed E-state index contributed by atoms with van der Waals surface area (Å²) in [5, 5.41) is 9.29. The Morgan fingerprint density at radius 3 is 2.60 bits per heavy atom. The number of fused-ring (bicyclic) bond motifs is 1. The molecule has 1 unspecified atom stereocenters. The topological polar surface area (TPSA) is 99.3 Å². The second-order valence-corrected chi connectivity index (χ2v) is 6.58. The smallest absolute Gasteiger partial charge is 0.370 e. The summed E-state index contributed by atoms with van der Waals surface area (Å²) in [7, 11) is 0. The fourth-order valence-corrected chi connectivity index (χ4v) is 3.44. The molecule has 2 amide bonds. The van der Waals surface area contributed by atoms with Gasteiger partial charge >= 0.3 is 6.18 Å². The molecule has 0 saturated heterocycles. The Balaban J connectivity index is 2.04. The van der Waals surface area contributed by atoms with Crippen LogP contribution in [-0.4, -0.2) is 28.7 Å². The number of carbonyl (C=O) groups is 2. The van der Waals surface area contributed by atoms with Gasteiger partial charge in [0, 0.05) is 11.6 Å². The number of hydrogen-bond acceptors (Lipinski definition) is 3. The summed E-state index contributed by atoms with van der Waals surface area (Å²) in [5.74, 6) is -1.59. The van der Waals surface area contributed by atoms with Gasteiger partial charge in [0.25, 0.3) is 5.91 Å². The lowest BCUT2D eigenvalue weighted by molar-refractivity contribution is -0.137. The molecular formula is C16H17F3N4O2. The number of hydrogen-bond donors (Lipinski definition) is 3. The number of nitrogens with zero attached hydrogens (tertiary/aromatic N) is 1. The molecule has 6 nitrogen and oxygen atoms in total. The molecule has 1 aliphatic carbocycles. The van der Waals surface area contributed by atoms with E-state index in [1.165, 1.54) is 11.0 Å². The highest BCUT2D eigenvalue weighted by atomic mass is 19.4. The third-order valence-electron chi connectivity index (χ3n) is 4.60. The van der Waals surface area contributed by atoms with Crippen molar-refractivity contribution in [2.75, 3.05) is 0 Å². The molecule has 0 aromatic heterocycles. The van der Waals surface area contributed by atoms with Gasteiger partial charge in [-0.2, -0.15) is 13.2 Å². The summed E-state index contributed by atoms with van der Waals surface area (Å²) in [6.07, 6.45) is -3.25. The van der Waals surface area contributed by atoms with Gasteiger partial charge in [-0.05, 0) is 37.5 Å². The summed E-state index contributed by atoms with van der Waals surface area (Å²) >= 11 is 0. The normalized spacial score (nSPS) is 22.7. The van der Waals surface area contributed by atoms with E-state index in [0.717, 1.165) is 25.0 Å². The summed E-state index contributed by atoms with van der Waals surface area (Å²) in [5.41, 5.74) is 3.54. The number of benzene rings is 1. The molecule has 1 saturated carbocycles. The summed E-state index contributed by atoms with van der Waals surface area (Å²) < 4.78 is 38.9. The highest BCUT2D eigenvalue weighted by molar-refractivity contribution is 6.02. The number of carbonyl (C=O) groups excluding carboxylic acids is 2. The molecule has 0 spiro atoms. The summed E-state index contributed by atoms with van der Waals surface area (Å²) in [4.78, 5) is 26.3. The minimum atomic E-state index is -4.55. The lowest BCUT2D eigenvalue weighted by atomic mass is 9.87. The second kappa shape index (κ2) is 5.47. The van der Waals surface area contributed by atoms with Gasteiger partial charge in [0.05, 0.1) is 17.5 Å². The van der Waals surface area contributed by atoms with E-state index < -0.39 is 35.1 Å². The molecular weight excluding hydrogens is 337 g/mol. The molecule has 1 heterocycles. The fraction of sp³-hybridized carbons (Fsp3) is 0.438. The Labute approximate surface area is 141 Å². The van der Waals surface area contributed by atoms with Crippen molar-refractivity contribution in [2.24, 2.45) is 5.73 Å². The van der Waals surface area contributed by atoms with Crippen LogP contribution in [0.3, 0.4) is 0 Å². The third kappa shape index (κ3) is 2.94. The van der Waals surface area contributed by atoms with E-state index in [2.05, 4.69) is 5.32 Å². The van der Waals surface area contributed by atoms with E-state index in [9.17, 15) is 22.8 Å². The lowest BCUT2D eigenvalue weighted by Crippen LogP contribution is -2.47. The highest BCUT2D eigenvalue weighted by Crippen LogP contribution is 2.48. The molecule has 2 aliphatic rings. The first-order valence-corrected chi connectivity index (χ1v) is 7.73. The molecule has 134 valence electrons. The SMILES string of the molecule is CC1(CC(=O)NC(=N)N)c2ccc(C(F)(F)F)cc2C(=O)N1C1CC1. The molecule has 1 fully saturated rings. The molecule has 25 heavy (non-hydrogen) atoms. The molecule has 0 radical (unpaired) electrons. The van der Waals surface area contributed by atoms with Gasteiger partial charge in [-0.3, -0.25) is 20.3 Å². The highest BCUT2D eigenvalue weighted by Gasteiger charge is 2.53. The predicted molar refractivity (Wildman–Crippen MR) is 82.7 cm³/mol. The molecule has 1 atom stereocenters. The van der Waals surface area contributed by atoms with Gasteiger partial charge < -0.3 is 10.6 Å². The number of rotatable bonds is 3. The van der Waals surface area contributed by atoms with Gasteiger partial charge in [-0.15, -0.1) is 0 Å². The van der Waals surface area contributed by atoms with Crippen molar-refractivity contribution in [2.45, 2.75) is 43.9 Å². The van der Waals surface area contributed by atoms with Crippen molar-refractivity contribution in [3.05, 3.63) is 34.9 Å². The van der Waals surface area contributed by atoms with Crippen LogP contribution >= 0.6 is 0 Å². The maximum atomic E-state index is 13.0. The average Bonchev–Trinajstić information content (AvgIpc) is 3.26. The molecule has 1 aromatic rings. The van der Waals surface area contributed by atoms with Crippen molar-refractivity contribution in [3.8, 4) is 0 Å². The monoisotopic (exact) mass is 354 g/mol. The zero-order valence-corrected chi connectivity index (χ0v) is 13.4. The minimum Gasteiger partial charge on any atom is -0.370 e. The van der Waals surface area contributed by atoms with Crippen molar-refractivity contribution >= 4 is 17.8 Å². The standard InChI is InChI=1S/C16H17F3N4O2/c1-15(7-12(24)22-14(20)21)11-5-2-8(16(17,18)19)6-10(11)13(25)23(15)9-3-4-9/h2,5-6,9H,3-4,7H2,1H3,(H4,20,21,22,24). The predicted octanol–water partition coefficient (Wildman–Crippen LogP) is 1.94. The van der Waals surface area contributed by atoms with Gasteiger partial charge in [0.15, 0.2) is 5.96 Å². The van der Waals surface area contributed by atoms with Crippen LogP contribution in [0.25, 0.3) is 0 Å². The van der Waals surface area contributed by atoms with E-state index >= 15 is 0 Å². The van der Waals surface area contributed by atoms with E-state index in [-0.39, 0.29) is 18.0 Å². The molecule has 1 aromatic carbocycles. The minimum absolute atomic E-state index is 0.0279. The van der Waals surface area contributed by atoms with Crippen molar-refractivity contribution < 1.29 is 22.8 Å². The van der Waals surface area contributed by atoms with Crippen molar-refractivity contribution in [1.82, 2.24) is 10.2 Å². The van der Waals surface area contributed by atoms with Crippen LogP contribution in [-0.2, 0) is 16.5 Å². The maximum absolute atomic E-state index is 13.0. The third-order valence-corrected chi connectivity index (χ3v) is 4.60. The molecule has 9 heteroatoms. The largest absolute Gasteiger partial charge is 0.416 e. The molecule has 4 N–H and O–H groups in total. The lowest BCUT2D eigenvalue weighted by Gasteiger charge is -2.36.